The Balaban J connectivity index is 2.29. The van der Waals surface area contributed by atoms with Gasteiger partial charge in [0, 0.05) is 12.6 Å². The second-order valence-corrected chi connectivity index (χ2v) is 7.01. The van der Waals surface area contributed by atoms with Gasteiger partial charge in [0.15, 0.2) is 0 Å². The summed E-state index contributed by atoms with van der Waals surface area (Å²) in [7, 11) is 0. The number of unbranched alkanes of at least 4 members (excludes halogenated alkanes) is 1. The Labute approximate surface area is 136 Å². The quantitative estimate of drug-likeness (QED) is 0.580. The van der Waals surface area contributed by atoms with Crippen molar-refractivity contribution in [3.63, 3.8) is 0 Å². The molecule has 0 heterocycles. The zero-order chi connectivity index (χ0) is 16.4. The van der Waals surface area contributed by atoms with Crippen molar-refractivity contribution in [3.05, 3.63) is 0 Å². The number of amides is 1. The van der Waals surface area contributed by atoms with Crippen LogP contribution < -0.4 is 11.1 Å². The van der Waals surface area contributed by atoms with E-state index in [-0.39, 0.29) is 5.91 Å². The van der Waals surface area contributed by atoms with Gasteiger partial charge in [-0.2, -0.15) is 0 Å². The highest BCUT2D eigenvalue weighted by Crippen LogP contribution is 2.27. The van der Waals surface area contributed by atoms with Gasteiger partial charge in [-0.25, -0.2) is 0 Å². The Morgan fingerprint density at radius 1 is 1.27 bits per heavy atom. The molecule has 0 aliphatic heterocycles. The van der Waals surface area contributed by atoms with Gasteiger partial charge in [0.05, 0.1) is 0 Å². The summed E-state index contributed by atoms with van der Waals surface area (Å²) < 4.78 is 0. The monoisotopic (exact) mass is 312 g/mol. The van der Waals surface area contributed by atoms with E-state index in [2.05, 4.69) is 19.2 Å². The zero-order valence-corrected chi connectivity index (χ0v) is 14.5. The average molecular weight is 312 g/mol. The first-order valence-electron chi connectivity index (χ1n) is 9.29. The molecule has 1 rings (SSSR count). The lowest BCUT2D eigenvalue weighted by atomic mass is 9.84. The number of aliphatic hydroxyl groups is 1. The number of nitrogens with one attached hydrogen (secondary N) is 1. The standard InChI is InChI=1S/C18H36N2O2/c1-3-5-9-14(4-2)13-20-18(22)17(21)16(19)12-15-10-7-6-8-11-15/h14-17,21H,3-13,19H2,1-2H3,(H,20,22)/t14?,16-,17?/m1/s1. The Bertz CT molecular complexity index is 303. The van der Waals surface area contributed by atoms with Crippen LogP contribution in [0.15, 0.2) is 0 Å². The largest absolute Gasteiger partial charge is 0.382 e. The second kappa shape index (κ2) is 11.0. The summed E-state index contributed by atoms with van der Waals surface area (Å²) in [5, 5.41) is 13.0. The highest BCUT2D eigenvalue weighted by Gasteiger charge is 2.26. The molecule has 4 nitrogen and oxygen atoms in total. The molecule has 0 aromatic carbocycles. The first kappa shape index (κ1) is 19.4. The van der Waals surface area contributed by atoms with E-state index in [1.165, 1.54) is 44.9 Å². The van der Waals surface area contributed by atoms with Gasteiger partial charge in [0.1, 0.15) is 6.10 Å². The van der Waals surface area contributed by atoms with Crippen molar-refractivity contribution < 1.29 is 9.90 Å². The number of rotatable bonds is 10. The van der Waals surface area contributed by atoms with Crippen molar-refractivity contribution in [2.24, 2.45) is 17.6 Å². The summed E-state index contributed by atoms with van der Waals surface area (Å²) in [5.74, 6) is 0.795. The normalized spacial score (nSPS) is 20.4. The van der Waals surface area contributed by atoms with Crippen LogP contribution in [0.4, 0.5) is 0 Å². The molecule has 0 bridgehead atoms. The third-order valence-corrected chi connectivity index (χ3v) is 5.11. The van der Waals surface area contributed by atoms with Crippen LogP contribution in [-0.4, -0.2) is 29.7 Å². The number of carbonyl (C=O) groups excluding carboxylic acids is 1. The van der Waals surface area contributed by atoms with E-state index in [0.717, 1.165) is 19.3 Å². The van der Waals surface area contributed by atoms with Crippen LogP contribution in [0.1, 0.15) is 78.1 Å². The molecule has 3 atom stereocenters. The first-order valence-corrected chi connectivity index (χ1v) is 9.29. The number of aliphatic hydroxyl groups excluding tert-OH is 1. The van der Waals surface area contributed by atoms with Gasteiger partial charge in [-0.05, 0) is 24.7 Å². The van der Waals surface area contributed by atoms with Crippen molar-refractivity contribution in [1.82, 2.24) is 5.32 Å². The van der Waals surface area contributed by atoms with Crippen LogP contribution in [0.25, 0.3) is 0 Å². The summed E-state index contributed by atoms with van der Waals surface area (Å²) in [6.07, 6.45) is 10.5. The van der Waals surface area contributed by atoms with Crippen molar-refractivity contribution in [1.29, 1.82) is 0 Å². The molecule has 4 N–H and O–H groups in total. The molecule has 0 saturated heterocycles. The lowest BCUT2D eigenvalue weighted by Crippen LogP contribution is -2.48. The Kier molecular flexibility index (Phi) is 9.73. The lowest BCUT2D eigenvalue weighted by molar-refractivity contribution is -0.130. The Morgan fingerprint density at radius 3 is 2.55 bits per heavy atom. The molecule has 1 fully saturated rings. The molecule has 2 unspecified atom stereocenters. The number of hydrogen-bond acceptors (Lipinski definition) is 3. The smallest absolute Gasteiger partial charge is 0.250 e. The predicted octanol–water partition coefficient (Wildman–Crippen LogP) is 2.98. The minimum atomic E-state index is -1.06. The van der Waals surface area contributed by atoms with E-state index in [1.54, 1.807) is 0 Å². The van der Waals surface area contributed by atoms with Gasteiger partial charge in [-0.15, -0.1) is 0 Å². The minimum Gasteiger partial charge on any atom is -0.382 e. The topological polar surface area (TPSA) is 75.3 Å². The zero-order valence-electron chi connectivity index (χ0n) is 14.5. The third kappa shape index (κ3) is 7.10. The maximum atomic E-state index is 12.1. The molecule has 22 heavy (non-hydrogen) atoms. The summed E-state index contributed by atoms with van der Waals surface area (Å²) in [6, 6.07) is -0.432. The van der Waals surface area contributed by atoms with E-state index >= 15 is 0 Å². The molecule has 0 aromatic rings. The molecule has 1 saturated carbocycles. The highest BCUT2D eigenvalue weighted by molar-refractivity contribution is 5.81. The van der Waals surface area contributed by atoms with E-state index in [4.69, 9.17) is 5.73 Å². The van der Waals surface area contributed by atoms with Crippen molar-refractivity contribution in [2.45, 2.75) is 90.2 Å². The maximum absolute atomic E-state index is 12.1. The van der Waals surface area contributed by atoms with Crippen molar-refractivity contribution in [2.75, 3.05) is 6.54 Å². The Hall–Kier alpha value is -0.610. The van der Waals surface area contributed by atoms with Crippen LogP contribution in [0, 0.1) is 11.8 Å². The molecule has 0 aromatic heterocycles. The third-order valence-electron chi connectivity index (χ3n) is 5.11. The van der Waals surface area contributed by atoms with Gasteiger partial charge in [0.25, 0.3) is 0 Å². The SMILES string of the molecule is CCCCC(CC)CNC(=O)C(O)[C@H](N)CC1CCCCC1. The lowest BCUT2D eigenvalue weighted by Gasteiger charge is -2.27. The van der Waals surface area contributed by atoms with Gasteiger partial charge in [-0.1, -0.05) is 65.2 Å². The Morgan fingerprint density at radius 2 is 1.95 bits per heavy atom. The van der Waals surface area contributed by atoms with Gasteiger partial charge >= 0.3 is 0 Å². The van der Waals surface area contributed by atoms with E-state index in [0.29, 0.717) is 18.4 Å². The maximum Gasteiger partial charge on any atom is 0.250 e. The summed E-state index contributed by atoms with van der Waals surface area (Å²) in [5.41, 5.74) is 6.06. The summed E-state index contributed by atoms with van der Waals surface area (Å²) >= 11 is 0. The molecule has 1 amide bonds. The molecule has 0 spiro atoms. The van der Waals surface area contributed by atoms with Crippen LogP contribution >= 0.6 is 0 Å². The minimum absolute atomic E-state index is 0.293. The van der Waals surface area contributed by atoms with Crippen LogP contribution in [0.3, 0.4) is 0 Å². The van der Waals surface area contributed by atoms with E-state index < -0.39 is 12.1 Å². The fraction of sp³-hybridized carbons (Fsp3) is 0.944. The fourth-order valence-electron chi connectivity index (χ4n) is 3.42. The van der Waals surface area contributed by atoms with Crippen LogP contribution in [-0.2, 0) is 4.79 Å². The molecular formula is C18H36N2O2. The molecular weight excluding hydrogens is 276 g/mol. The summed E-state index contributed by atoms with van der Waals surface area (Å²) in [4.78, 5) is 12.1. The number of hydrogen-bond donors (Lipinski definition) is 3. The van der Waals surface area contributed by atoms with E-state index in [9.17, 15) is 9.90 Å². The fourth-order valence-corrected chi connectivity index (χ4v) is 3.42. The second-order valence-electron chi connectivity index (χ2n) is 7.01. The molecule has 1 aliphatic carbocycles. The van der Waals surface area contributed by atoms with Crippen LogP contribution in [0.2, 0.25) is 0 Å². The first-order chi connectivity index (χ1) is 10.6. The highest BCUT2D eigenvalue weighted by atomic mass is 16.3. The van der Waals surface area contributed by atoms with Crippen LogP contribution in [0.5, 0.6) is 0 Å². The van der Waals surface area contributed by atoms with Gasteiger partial charge in [0.2, 0.25) is 5.91 Å². The number of nitrogens with two attached hydrogens (primary N) is 1. The van der Waals surface area contributed by atoms with Crippen molar-refractivity contribution >= 4 is 5.91 Å². The molecule has 1 aliphatic rings. The average Bonchev–Trinajstić information content (AvgIpc) is 2.55. The molecule has 0 radical (unpaired) electrons. The van der Waals surface area contributed by atoms with Crippen molar-refractivity contribution in [3.8, 4) is 0 Å². The predicted molar refractivity (Wildman–Crippen MR) is 91.5 cm³/mol. The van der Waals surface area contributed by atoms with Gasteiger partial charge in [-0.3, -0.25) is 4.79 Å². The molecule has 130 valence electrons. The molecule has 4 heteroatoms. The number of carbonyl (C=O) groups is 1. The van der Waals surface area contributed by atoms with Gasteiger partial charge < -0.3 is 16.2 Å². The summed E-state index contributed by atoms with van der Waals surface area (Å²) in [6.45, 7) is 4.99. The van der Waals surface area contributed by atoms with E-state index in [1.807, 2.05) is 0 Å².